The van der Waals surface area contributed by atoms with E-state index in [1.807, 2.05) is 0 Å². The lowest BCUT2D eigenvalue weighted by Gasteiger charge is -2.16. The molecular formula is C10H16N2O4S. The Morgan fingerprint density at radius 1 is 1.53 bits per heavy atom. The molecule has 4 N–H and O–H groups in total. The zero-order valence-corrected chi connectivity index (χ0v) is 10.5. The summed E-state index contributed by atoms with van der Waals surface area (Å²) in [4.78, 5) is -0.256. The molecular weight excluding hydrogens is 244 g/mol. The van der Waals surface area contributed by atoms with Gasteiger partial charge in [-0.05, 0) is 18.6 Å². The molecule has 0 aliphatic carbocycles. The number of ether oxygens (including phenoxy) is 1. The molecule has 0 bridgehead atoms. The van der Waals surface area contributed by atoms with Crippen molar-refractivity contribution in [3.63, 3.8) is 0 Å². The van der Waals surface area contributed by atoms with Gasteiger partial charge in [0.1, 0.15) is 11.1 Å². The first kappa shape index (κ1) is 13.8. The maximum Gasteiger partial charge on any atom is 0.246 e. The molecule has 96 valence electrons. The maximum absolute atomic E-state index is 11.9. The molecule has 1 aromatic carbocycles. The van der Waals surface area contributed by atoms with Crippen molar-refractivity contribution in [2.24, 2.45) is 0 Å². The van der Waals surface area contributed by atoms with Gasteiger partial charge in [0, 0.05) is 7.11 Å². The number of phenolic OH excluding ortho intramolecular Hbond substituents is 1. The summed E-state index contributed by atoms with van der Waals surface area (Å²) in [5.41, 5.74) is 5.45. The van der Waals surface area contributed by atoms with E-state index in [0.29, 0.717) is 6.42 Å². The summed E-state index contributed by atoms with van der Waals surface area (Å²) in [7, 11) is -2.44. The van der Waals surface area contributed by atoms with E-state index in [-0.39, 0.29) is 10.6 Å². The van der Waals surface area contributed by atoms with Gasteiger partial charge in [-0.15, -0.1) is 0 Å². The van der Waals surface area contributed by atoms with Crippen LogP contribution in [0.4, 0.5) is 5.69 Å². The van der Waals surface area contributed by atoms with Gasteiger partial charge in [-0.1, -0.05) is 13.0 Å². The van der Waals surface area contributed by atoms with Crippen molar-refractivity contribution in [1.82, 2.24) is 4.72 Å². The third-order valence-corrected chi connectivity index (χ3v) is 3.74. The molecule has 0 aliphatic heterocycles. The van der Waals surface area contributed by atoms with E-state index >= 15 is 0 Å². The minimum absolute atomic E-state index is 0.0124. The minimum Gasteiger partial charge on any atom is -0.504 e. The number of nitrogen functional groups attached to an aromatic ring is 1. The average Bonchev–Trinajstić information content (AvgIpc) is 2.29. The number of anilines is 1. The molecule has 0 aromatic heterocycles. The lowest BCUT2D eigenvalue weighted by Crippen LogP contribution is -2.35. The van der Waals surface area contributed by atoms with Gasteiger partial charge >= 0.3 is 0 Å². The van der Waals surface area contributed by atoms with Crippen molar-refractivity contribution in [3.05, 3.63) is 18.2 Å². The smallest absolute Gasteiger partial charge is 0.246 e. The summed E-state index contributed by atoms with van der Waals surface area (Å²) < 4.78 is 31.1. The largest absolute Gasteiger partial charge is 0.504 e. The highest BCUT2D eigenvalue weighted by atomic mass is 32.2. The highest BCUT2D eigenvalue weighted by Gasteiger charge is 2.22. The van der Waals surface area contributed by atoms with E-state index in [4.69, 9.17) is 10.5 Å². The predicted octanol–water partition coefficient (Wildman–Crippen LogP) is 0.635. The summed E-state index contributed by atoms with van der Waals surface area (Å²) in [6.45, 7) is 1.77. The topological polar surface area (TPSA) is 102 Å². The normalized spacial score (nSPS) is 13.5. The molecule has 0 aliphatic rings. The van der Waals surface area contributed by atoms with Gasteiger partial charge in [0.25, 0.3) is 0 Å². The highest BCUT2D eigenvalue weighted by Crippen LogP contribution is 2.28. The number of hydrogen-bond donors (Lipinski definition) is 3. The third-order valence-electron chi connectivity index (χ3n) is 2.26. The zero-order valence-electron chi connectivity index (χ0n) is 9.67. The van der Waals surface area contributed by atoms with Crippen molar-refractivity contribution < 1.29 is 18.3 Å². The van der Waals surface area contributed by atoms with Crippen LogP contribution in [0.1, 0.15) is 13.3 Å². The standard InChI is InChI=1S/C10H16N2O4S/c1-3-9(16-2)12-17(14,15)8-6-4-5-7(11)10(8)13/h4-6,9,12-13H,3,11H2,1-2H3. The number of hydrogen-bond acceptors (Lipinski definition) is 5. The number of aromatic hydroxyl groups is 1. The van der Waals surface area contributed by atoms with Gasteiger partial charge < -0.3 is 15.6 Å². The molecule has 7 heteroatoms. The quantitative estimate of drug-likeness (QED) is 0.409. The first-order chi connectivity index (χ1) is 7.92. The lowest BCUT2D eigenvalue weighted by molar-refractivity contribution is 0.0906. The number of phenols is 1. The van der Waals surface area contributed by atoms with E-state index < -0.39 is 22.0 Å². The molecule has 1 rings (SSSR count). The van der Waals surface area contributed by atoms with Crippen LogP contribution < -0.4 is 10.5 Å². The highest BCUT2D eigenvalue weighted by molar-refractivity contribution is 7.89. The maximum atomic E-state index is 11.9. The predicted molar refractivity (Wildman–Crippen MR) is 63.9 cm³/mol. The Kier molecular flexibility index (Phi) is 4.33. The monoisotopic (exact) mass is 260 g/mol. The lowest BCUT2D eigenvalue weighted by atomic mass is 10.3. The third kappa shape index (κ3) is 3.09. The van der Waals surface area contributed by atoms with E-state index in [1.54, 1.807) is 6.92 Å². The second-order valence-corrected chi connectivity index (χ2v) is 5.13. The van der Waals surface area contributed by atoms with Crippen LogP contribution in [-0.4, -0.2) is 26.9 Å². The molecule has 0 saturated heterocycles. The zero-order chi connectivity index (χ0) is 13.1. The average molecular weight is 260 g/mol. The second-order valence-electron chi connectivity index (χ2n) is 3.45. The van der Waals surface area contributed by atoms with Crippen LogP contribution in [0.25, 0.3) is 0 Å². The SMILES string of the molecule is CCC(NS(=O)(=O)c1cccc(N)c1O)OC. The Labute approximate surface area is 100 Å². The molecule has 0 amide bonds. The second kappa shape index (κ2) is 5.35. The first-order valence-electron chi connectivity index (χ1n) is 5.05. The van der Waals surface area contributed by atoms with Crippen molar-refractivity contribution in [3.8, 4) is 5.75 Å². The van der Waals surface area contributed by atoms with Crippen LogP contribution >= 0.6 is 0 Å². The Balaban J connectivity index is 3.09. The first-order valence-corrected chi connectivity index (χ1v) is 6.53. The van der Waals surface area contributed by atoms with Crippen LogP contribution in [-0.2, 0) is 14.8 Å². The number of para-hydroxylation sites is 1. The van der Waals surface area contributed by atoms with E-state index in [1.165, 1.54) is 25.3 Å². The van der Waals surface area contributed by atoms with Crippen molar-refractivity contribution in [1.29, 1.82) is 0 Å². The van der Waals surface area contributed by atoms with Crippen LogP contribution in [0.2, 0.25) is 0 Å². The number of methoxy groups -OCH3 is 1. The molecule has 0 fully saturated rings. The Morgan fingerprint density at radius 3 is 2.71 bits per heavy atom. The van der Waals surface area contributed by atoms with Crippen LogP contribution in [0.5, 0.6) is 5.75 Å². The van der Waals surface area contributed by atoms with Gasteiger partial charge in [0.2, 0.25) is 10.0 Å². The molecule has 1 aromatic rings. The molecule has 0 heterocycles. The van der Waals surface area contributed by atoms with E-state index in [9.17, 15) is 13.5 Å². The molecule has 1 atom stereocenters. The molecule has 0 saturated carbocycles. The fourth-order valence-corrected chi connectivity index (χ4v) is 2.66. The fraction of sp³-hybridized carbons (Fsp3) is 0.400. The van der Waals surface area contributed by atoms with Gasteiger partial charge in [0.15, 0.2) is 5.75 Å². The summed E-state index contributed by atoms with van der Waals surface area (Å²) in [5, 5.41) is 9.61. The molecule has 0 spiro atoms. The Morgan fingerprint density at radius 2 is 2.18 bits per heavy atom. The van der Waals surface area contributed by atoms with Crippen LogP contribution in [0.15, 0.2) is 23.1 Å². The molecule has 6 nitrogen and oxygen atoms in total. The Bertz CT molecular complexity index is 483. The number of benzene rings is 1. The van der Waals surface area contributed by atoms with Crippen molar-refractivity contribution in [2.75, 3.05) is 12.8 Å². The fourth-order valence-electron chi connectivity index (χ4n) is 1.29. The van der Waals surface area contributed by atoms with Crippen LogP contribution in [0.3, 0.4) is 0 Å². The molecule has 1 unspecified atom stereocenters. The Hall–Kier alpha value is -1.31. The molecule has 17 heavy (non-hydrogen) atoms. The van der Waals surface area contributed by atoms with Gasteiger partial charge in [-0.2, -0.15) is 4.72 Å². The number of nitrogens with one attached hydrogen (secondary N) is 1. The summed E-state index contributed by atoms with van der Waals surface area (Å²) in [6, 6.07) is 4.15. The minimum atomic E-state index is -3.84. The van der Waals surface area contributed by atoms with Gasteiger partial charge in [-0.25, -0.2) is 8.42 Å². The van der Waals surface area contributed by atoms with E-state index in [0.717, 1.165) is 0 Å². The summed E-state index contributed by atoms with van der Waals surface area (Å²) in [6.07, 6.45) is -0.167. The summed E-state index contributed by atoms with van der Waals surface area (Å²) in [5.74, 6) is -0.453. The van der Waals surface area contributed by atoms with E-state index in [2.05, 4.69) is 4.72 Å². The summed E-state index contributed by atoms with van der Waals surface area (Å²) >= 11 is 0. The number of rotatable bonds is 5. The van der Waals surface area contributed by atoms with Crippen LogP contribution in [0, 0.1) is 0 Å². The van der Waals surface area contributed by atoms with Gasteiger partial charge in [0.05, 0.1) is 5.69 Å². The number of nitrogens with two attached hydrogens (primary N) is 1. The molecule has 0 radical (unpaired) electrons. The van der Waals surface area contributed by atoms with Crippen molar-refractivity contribution in [2.45, 2.75) is 24.5 Å². The number of sulfonamides is 1. The van der Waals surface area contributed by atoms with Gasteiger partial charge in [-0.3, -0.25) is 0 Å². The van der Waals surface area contributed by atoms with Crippen molar-refractivity contribution >= 4 is 15.7 Å².